The molecule has 0 N–H and O–H groups in total. The zero-order valence-electron chi connectivity index (χ0n) is 4.61. The number of rotatable bonds is 0. The van der Waals surface area contributed by atoms with Crippen LogP contribution in [0.2, 0.25) is 0 Å². The van der Waals surface area contributed by atoms with Crippen LogP contribution in [0.4, 0.5) is 0 Å². The van der Waals surface area contributed by atoms with Gasteiger partial charge >= 0.3 is 0 Å². The summed E-state index contributed by atoms with van der Waals surface area (Å²) in [5, 5.41) is 10.7. The lowest BCUT2D eigenvalue weighted by atomic mass is 10.3. The first-order chi connectivity index (χ1) is 4.47. The van der Waals surface area contributed by atoms with Crippen LogP contribution in [-0.4, -0.2) is 10.2 Å². The molecule has 9 heavy (non-hydrogen) atoms. The Hall–Kier alpha value is -0.960. The van der Waals surface area contributed by atoms with Gasteiger partial charge in [-0.3, -0.25) is 0 Å². The van der Waals surface area contributed by atoms with E-state index in [1.165, 1.54) is 0 Å². The molecule has 0 amide bonds. The summed E-state index contributed by atoms with van der Waals surface area (Å²) in [5.74, 6) is 0. The van der Waals surface area contributed by atoms with Gasteiger partial charge in [0.05, 0.1) is 6.20 Å². The minimum atomic E-state index is 1.01. The second-order valence-corrected chi connectivity index (χ2v) is 2.61. The van der Waals surface area contributed by atoms with Gasteiger partial charge in [-0.25, -0.2) is 0 Å². The fourth-order valence-electron chi connectivity index (χ4n) is 0.709. The van der Waals surface area contributed by atoms with E-state index in [4.69, 9.17) is 0 Å². The van der Waals surface area contributed by atoms with Gasteiger partial charge in [0, 0.05) is 5.56 Å². The summed E-state index contributed by atoms with van der Waals surface area (Å²) in [6.45, 7) is 0. The van der Waals surface area contributed by atoms with E-state index in [0.717, 1.165) is 10.6 Å². The van der Waals surface area contributed by atoms with Gasteiger partial charge in [0.25, 0.3) is 0 Å². The average molecular weight is 136 g/mol. The molecule has 44 valence electrons. The van der Waals surface area contributed by atoms with Gasteiger partial charge in [-0.05, 0) is 11.4 Å². The third kappa shape index (κ3) is 0.695. The number of hydrogen-bond donors (Lipinski definition) is 0. The molecule has 0 fully saturated rings. The molecule has 0 aromatic rings. The second-order valence-electron chi connectivity index (χ2n) is 1.72. The molecule has 0 saturated carbocycles. The number of nitrogens with zero attached hydrogens (tertiary/aromatic N) is 2. The summed E-state index contributed by atoms with van der Waals surface area (Å²) in [6.07, 6.45) is 1.77. The minimum absolute atomic E-state index is 1.01. The van der Waals surface area contributed by atoms with Crippen LogP contribution in [0.3, 0.4) is 0 Å². The highest BCUT2D eigenvalue weighted by molar-refractivity contribution is 7.12. The smallest absolute Gasteiger partial charge is 0.147 e. The summed E-state index contributed by atoms with van der Waals surface area (Å²) in [5.41, 5.74) is 1.13. The largest absolute Gasteiger partial charge is 0.157 e. The van der Waals surface area contributed by atoms with E-state index in [2.05, 4.69) is 10.2 Å². The van der Waals surface area contributed by atoms with Crippen LogP contribution >= 0.6 is 11.3 Å². The molecule has 0 aromatic carbocycles. The Balaban J connectivity index is 2.79. The Morgan fingerprint density at radius 1 is 1.44 bits per heavy atom. The monoisotopic (exact) mass is 136 g/mol. The fourth-order valence-corrected chi connectivity index (χ4v) is 1.35. The van der Waals surface area contributed by atoms with Gasteiger partial charge in [0.2, 0.25) is 0 Å². The Kier molecular flexibility index (Phi) is 0.960. The molecule has 0 aliphatic carbocycles. The van der Waals surface area contributed by atoms with Crippen LogP contribution in [0, 0.1) is 0 Å². The Morgan fingerprint density at radius 3 is 3.33 bits per heavy atom. The molecule has 2 heterocycles. The van der Waals surface area contributed by atoms with Gasteiger partial charge < -0.3 is 0 Å². The van der Waals surface area contributed by atoms with Crippen molar-refractivity contribution in [1.82, 2.24) is 10.2 Å². The normalized spacial score (nSPS) is 10.2. The molecule has 2 aliphatic rings. The molecule has 3 heteroatoms. The highest BCUT2D eigenvalue weighted by atomic mass is 32.1. The summed E-state index contributed by atoms with van der Waals surface area (Å²) in [4.78, 5) is 0. The molecule has 0 spiro atoms. The SMILES string of the molecule is c1csc2nncc-2c1. The predicted octanol–water partition coefficient (Wildman–Crippen LogP) is 1.64. The molecule has 2 nitrogen and oxygen atoms in total. The lowest BCUT2D eigenvalue weighted by molar-refractivity contribution is 1.11. The Morgan fingerprint density at radius 2 is 2.44 bits per heavy atom. The zero-order chi connectivity index (χ0) is 6.10. The van der Waals surface area contributed by atoms with Crippen LogP contribution < -0.4 is 0 Å². The third-order valence-corrected chi connectivity index (χ3v) is 1.96. The maximum Gasteiger partial charge on any atom is 0.147 e. The first-order valence-corrected chi connectivity index (χ1v) is 3.50. The zero-order valence-corrected chi connectivity index (χ0v) is 5.43. The predicted molar refractivity (Wildman–Crippen MR) is 36.5 cm³/mol. The number of aromatic nitrogens is 2. The van der Waals surface area contributed by atoms with E-state index in [1.807, 2.05) is 17.5 Å². The number of hydrogen-bond acceptors (Lipinski definition) is 3. The van der Waals surface area contributed by atoms with Gasteiger partial charge in [-0.1, -0.05) is 6.07 Å². The summed E-state index contributed by atoms with van der Waals surface area (Å²) >= 11 is 1.61. The van der Waals surface area contributed by atoms with Gasteiger partial charge in [0.1, 0.15) is 5.01 Å². The molecule has 0 radical (unpaired) electrons. The minimum Gasteiger partial charge on any atom is -0.157 e. The molecule has 0 atom stereocenters. The second kappa shape index (κ2) is 1.77. The van der Waals surface area contributed by atoms with Crippen LogP contribution in [0.1, 0.15) is 0 Å². The van der Waals surface area contributed by atoms with Crippen molar-refractivity contribution < 1.29 is 0 Å². The standard InChI is InChI=1S/C6H4N2S/c1-2-5-4-7-8-6(5)9-3-1/h1-4H. The summed E-state index contributed by atoms with van der Waals surface area (Å²) in [7, 11) is 0. The fraction of sp³-hybridized carbons (Fsp3) is 0. The van der Waals surface area contributed by atoms with Crippen molar-refractivity contribution >= 4 is 11.3 Å². The topological polar surface area (TPSA) is 25.8 Å². The molecule has 0 unspecified atom stereocenters. The van der Waals surface area contributed by atoms with Crippen molar-refractivity contribution in [2.24, 2.45) is 0 Å². The molecule has 2 aliphatic heterocycles. The van der Waals surface area contributed by atoms with Crippen molar-refractivity contribution in [3.05, 3.63) is 23.7 Å². The van der Waals surface area contributed by atoms with Gasteiger partial charge in [-0.15, -0.1) is 16.4 Å². The van der Waals surface area contributed by atoms with Crippen LogP contribution in [0.15, 0.2) is 23.7 Å². The van der Waals surface area contributed by atoms with Crippen LogP contribution in [0.25, 0.3) is 10.6 Å². The van der Waals surface area contributed by atoms with Crippen LogP contribution in [-0.2, 0) is 0 Å². The van der Waals surface area contributed by atoms with Crippen LogP contribution in [0.5, 0.6) is 0 Å². The third-order valence-electron chi connectivity index (χ3n) is 1.13. The number of fused-ring (bicyclic) bond motifs is 1. The van der Waals surface area contributed by atoms with Crippen molar-refractivity contribution in [2.75, 3.05) is 0 Å². The highest BCUT2D eigenvalue weighted by Crippen LogP contribution is 2.20. The van der Waals surface area contributed by atoms with E-state index in [-0.39, 0.29) is 0 Å². The molecule has 0 saturated heterocycles. The van der Waals surface area contributed by atoms with E-state index in [1.54, 1.807) is 17.5 Å². The first-order valence-electron chi connectivity index (χ1n) is 2.62. The van der Waals surface area contributed by atoms with Gasteiger partial charge in [-0.2, -0.15) is 5.10 Å². The molecule has 0 bridgehead atoms. The molecule has 2 rings (SSSR count). The van der Waals surface area contributed by atoms with Crippen molar-refractivity contribution in [1.29, 1.82) is 0 Å². The van der Waals surface area contributed by atoms with E-state index in [0.29, 0.717) is 0 Å². The average Bonchev–Trinajstić information content (AvgIpc) is 2.33. The maximum atomic E-state index is 3.89. The molecule has 0 aromatic heterocycles. The summed E-state index contributed by atoms with van der Waals surface area (Å²) < 4.78 is 0. The van der Waals surface area contributed by atoms with Gasteiger partial charge in [0.15, 0.2) is 0 Å². The van der Waals surface area contributed by atoms with Crippen molar-refractivity contribution in [2.45, 2.75) is 0 Å². The lowest BCUT2D eigenvalue weighted by Gasteiger charge is -1.87. The van der Waals surface area contributed by atoms with E-state index in [9.17, 15) is 0 Å². The summed E-state index contributed by atoms with van der Waals surface area (Å²) in [6, 6.07) is 4.00. The Bertz CT molecular complexity index is 251. The quantitative estimate of drug-likeness (QED) is 0.550. The Labute approximate surface area is 56.5 Å². The maximum absolute atomic E-state index is 3.89. The lowest BCUT2D eigenvalue weighted by Crippen LogP contribution is -1.67. The highest BCUT2D eigenvalue weighted by Gasteiger charge is 2.00. The first kappa shape index (κ1) is 4.88. The molecular weight excluding hydrogens is 132 g/mol. The molecular formula is C6H4N2S. The van der Waals surface area contributed by atoms with E-state index < -0.39 is 0 Å². The van der Waals surface area contributed by atoms with E-state index >= 15 is 0 Å². The van der Waals surface area contributed by atoms with Crippen molar-refractivity contribution in [3.63, 3.8) is 0 Å². The van der Waals surface area contributed by atoms with Crippen molar-refractivity contribution in [3.8, 4) is 10.6 Å².